The van der Waals surface area contributed by atoms with Crippen molar-refractivity contribution in [1.82, 2.24) is 0 Å². The van der Waals surface area contributed by atoms with Crippen molar-refractivity contribution in [2.24, 2.45) is 5.92 Å². The van der Waals surface area contributed by atoms with E-state index in [1.165, 1.54) is 0 Å². The van der Waals surface area contributed by atoms with E-state index < -0.39 is 12.0 Å². The average Bonchev–Trinajstić information content (AvgIpc) is 2.98. The third kappa shape index (κ3) is 3.34. The Labute approximate surface area is 134 Å². The molecule has 1 fully saturated rings. The Morgan fingerprint density at radius 1 is 1.13 bits per heavy atom. The van der Waals surface area contributed by atoms with Crippen molar-refractivity contribution in [2.45, 2.75) is 12.5 Å². The monoisotopic (exact) mass is 311 g/mol. The van der Waals surface area contributed by atoms with E-state index in [1.54, 1.807) is 31.4 Å². The first-order valence-electron chi connectivity index (χ1n) is 7.36. The number of ether oxygens (including phenoxy) is 2. The summed E-state index contributed by atoms with van der Waals surface area (Å²) in [6.07, 6.45) is -0.455. The van der Waals surface area contributed by atoms with Crippen LogP contribution in [0, 0.1) is 5.92 Å². The maximum Gasteiger partial charge on any atom is 0.307 e. The second kappa shape index (κ2) is 6.52. The van der Waals surface area contributed by atoms with Gasteiger partial charge in [-0.15, -0.1) is 0 Å². The maximum absolute atomic E-state index is 12.5. The molecule has 0 aromatic heterocycles. The normalized spacial score (nSPS) is 20.0. The molecule has 1 aliphatic rings. The van der Waals surface area contributed by atoms with E-state index in [9.17, 15) is 9.59 Å². The zero-order valence-corrected chi connectivity index (χ0v) is 12.7. The topological polar surface area (TPSA) is 64.6 Å². The van der Waals surface area contributed by atoms with Crippen LogP contribution in [0.25, 0.3) is 0 Å². The van der Waals surface area contributed by atoms with Gasteiger partial charge in [-0.25, -0.2) is 0 Å². The number of carbonyl (C=O) groups excluding carboxylic acids is 2. The van der Waals surface area contributed by atoms with Gasteiger partial charge in [-0.1, -0.05) is 30.3 Å². The van der Waals surface area contributed by atoms with Crippen molar-refractivity contribution in [3.05, 3.63) is 60.2 Å². The Morgan fingerprint density at radius 3 is 2.48 bits per heavy atom. The van der Waals surface area contributed by atoms with Crippen molar-refractivity contribution in [3.63, 3.8) is 0 Å². The van der Waals surface area contributed by atoms with Crippen molar-refractivity contribution in [1.29, 1.82) is 0 Å². The van der Waals surface area contributed by atoms with E-state index in [-0.39, 0.29) is 18.3 Å². The van der Waals surface area contributed by atoms with Gasteiger partial charge in [0.1, 0.15) is 11.9 Å². The second-order valence-electron chi connectivity index (χ2n) is 5.35. The highest BCUT2D eigenvalue weighted by atomic mass is 16.6. The highest BCUT2D eigenvalue weighted by Gasteiger charge is 2.40. The molecule has 0 spiro atoms. The first kappa shape index (κ1) is 15.1. The molecule has 2 aromatic rings. The van der Waals surface area contributed by atoms with Gasteiger partial charge >= 0.3 is 5.97 Å². The molecule has 2 aromatic carbocycles. The Morgan fingerprint density at radius 2 is 1.83 bits per heavy atom. The summed E-state index contributed by atoms with van der Waals surface area (Å²) in [5, 5.41) is 2.83. The molecule has 0 saturated carbocycles. The summed E-state index contributed by atoms with van der Waals surface area (Å²) in [5.41, 5.74) is 1.48. The van der Waals surface area contributed by atoms with Gasteiger partial charge < -0.3 is 14.8 Å². The van der Waals surface area contributed by atoms with Gasteiger partial charge in [-0.2, -0.15) is 0 Å². The Bertz CT molecular complexity index is 697. The number of amides is 1. The zero-order valence-electron chi connectivity index (χ0n) is 12.7. The number of rotatable bonds is 4. The first-order valence-corrected chi connectivity index (χ1v) is 7.36. The standard InChI is InChI=1S/C18H17NO4/c1-22-14-9-7-13(8-10-14)19-18(21)15-11-16(20)23-17(15)12-5-3-2-4-6-12/h2-10,15,17H,11H2,1H3,(H,19,21)/t15-,17-/m1/s1. The fourth-order valence-corrected chi connectivity index (χ4v) is 2.64. The first-order chi connectivity index (χ1) is 11.2. The Balaban J connectivity index is 1.75. The molecule has 5 nitrogen and oxygen atoms in total. The van der Waals surface area contributed by atoms with Crippen LogP contribution >= 0.6 is 0 Å². The molecule has 2 atom stereocenters. The lowest BCUT2D eigenvalue weighted by atomic mass is 9.94. The number of benzene rings is 2. The number of methoxy groups -OCH3 is 1. The number of hydrogen-bond acceptors (Lipinski definition) is 4. The minimum Gasteiger partial charge on any atom is -0.497 e. The minimum atomic E-state index is -0.540. The van der Waals surface area contributed by atoms with Crippen LogP contribution < -0.4 is 10.1 Å². The van der Waals surface area contributed by atoms with Crippen LogP contribution in [0.4, 0.5) is 5.69 Å². The van der Waals surface area contributed by atoms with Crippen LogP contribution in [0.5, 0.6) is 5.75 Å². The highest BCUT2D eigenvalue weighted by Crippen LogP contribution is 2.36. The van der Waals surface area contributed by atoms with Crippen molar-refractivity contribution in [2.75, 3.05) is 12.4 Å². The van der Waals surface area contributed by atoms with Gasteiger partial charge in [-0.05, 0) is 29.8 Å². The lowest BCUT2D eigenvalue weighted by molar-refractivity contribution is -0.141. The highest BCUT2D eigenvalue weighted by molar-refractivity contribution is 5.96. The number of nitrogens with one attached hydrogen (secondary N) is 1. The smallest absolute Gasteiger partial charge is 0.307 e. The van der Waals surface area contributed by atoms with E-state index >= 15 is 0 Å². The predicted octanol–water partition coefficient (Wildman–Crippen LogP) is 2.94. The maximum atomic E-state index is 12.5. The molecule has 0 bridgehead atoms. The molecule has 1 amide bonds. The number of esters is 1. The molecule has 1 N–H and O–H groups in total. The van der Waals surface area contributed by atoms with Crippen LogP contribution in [0.15, 0.2) is 54.6 Å². The summed E-state index contributed by atoms with van der Waals surface area (Å²) in [6.45, 7) is 0. The molecule has 3 rings (SSSR count). The predicted molar refractivity (Wildman–Crippen MR) is 85.0 cm³/mol. The Kier molecular flexibility index (Phi) is 4.28. The summed E-state index contributed by atoms with van der Waals surface area (Å²) in [5.74, 6) is -0.403. The summed E-state index contributed by atoms with van der Waals surface area (Å²) >= 11 is 0. The van der Waals surface area contributed by atoms with Crippen LogP contribution in [-0.4, -0.2) is 19.0 Å². The second-order valence-corrected chi connectivity index (χ2v) is 5.35. The molecule has 1 heterocycles. The number of hydrogen-bond donors (Lipinski definition) is 1. The number of carbonyl (C=O) groups is 2. The SMILES string of the molecule is COc1ccc(NC(=O)[C@@H]2CC(=O)O[C@@H]2c2ccccc2)cc1. The quantitative estimate of drug-likeness (QED) is 0.882. The van der Waals surface area contributed by atoms with Crippen molar-refractivity contribution >= 4 is 17.6 Å². The lowest BCUT2D eigenvalue weighted by Crippen LogP contribution is -2.25. The van der Waals surface area contributed by atoms with Crippen LogP contribution in [0.2, 0.25) is 0 Å². The number of anilines is 1. The number of cyclic esters (lactones) is 1. The van der Waals surface area contributed by atoms with Gasteiger partial charge in [0.05, 0.1) is 19.4 Å². The lowest BCUT2D eigenvalue weighted by Gasteiger charge is -2.17. The third-order valence-electron chi connectivity index (χ3n) is 3.83. The van der Waals surface area contributed by atoms with E-state index in [1.807, 2.05) is 30.3 Å². The molecule has 23 heavy (non-hydrogen) atoms. The fourth-order valence-electron chi connectivity index (χ4n) is 2.64. The van der Waals surface area contributed by atoms with E-state index in [4.69, 9.17) is 9.47 Å². The van der Waals surface area contributed by atoms with Gasteiger partial charge in [0.25, 0.3) is 0 Å². The molecule has 5 heteroatoms. The molecule has 0 radical (unpaired) electrons. The average molecular weight is 311 g/mol. The van der Waals surface area contributed by atoms with Crippen LogP contribution in [0.1, 0.15) is 18.1 Å². The van der Waals surface area contributed by atoms with Gasteiger partial charge in [0.2, 0.25) is 5.91 Å². The molecule has 1 saturated heterocycles. The van der Waals surface area contributed by atoms with Gasteiger partial charge in [0, 0.05) is 5.69 Å². The largest absolute Gasteiger partial charge is 0.497 e. The summed E-state index contributed by atoms with van der Waals surface area (Å²) in [6, 6.07) is 16.4. The molecule has 0 aliphatic carbocycles. The third-order valence-corrected chi connectivity index (χ3v) is 3.83. The molecule has 0 unspecified atom stereocenters. The van der Waals surface area contributed by atoms with E-state index in [0.29, 0.717) is 11.4 Å². The minimum absolute atomic E-state index is 0.0849. The van der Waals surface area contributed by atoms with E-state index in [0.717, 1.165) is 5.56 Å². The Hall–Kier alpha value is -2.82. The molecule has 118 valence electrons. The van der Waals surface area contributed by atoms with Crippen LogP contribution in [0.3, 0.4) is 0 Å². The molecular weight excluding hydrogens is 294 g/mol. The summed E-state index contributed by atoms with van der Waals surface area (Å²) < 4.78 is 10.4. The van der Waals surface area contributed by atoms with Crippen LogP contribution in [-0.2, 0) is 14.3 Å². The zero-order chi connectivity index (χ0) is 16.2. The molecule has 1 aliphatic heterocycles. The van der Waals surface area contributed by atoms with Crippen molar-refractivity contribution in [3.8, 4) is 5.75 Å². The summed E-state index contributed by atoms with van der Waals surface area (Å²) in [7, 11) is 1.58. The van der Waals surface area contributed by atoms with E-state index in [2.05, 4.69) is 5.32 Å². The molecular formula is C18H17NO4. The summed E-state index contributed by atoms with van der Waals surface area (Å²) in [4.78, 5) is 24.2. The van der Waals surface area contributed by atoms with Gasteiger partial charge in [-0.3, -0.25) is 9.59 Å². The van der Waals surface area contributed by atoms with Gasteiger partial charge in [0.15, 0.2) is 0 Å². The van der Waals surface area contributed by atoms with Crippen molar-refractivity contribution < 1.29 is 19.1 Å². The fraction of sp³-hybridized carbons (Fsp3) is 0.222.